The van der Waals surface area contributed by atoms with Gasteiger partial charge in [0.1, 0.15) is 0 Å². The van der Waals surface area contributed by atoms with Crippen LogP contribution >= 0.6 is 0 Å². The molecule has 1 saturated carbocycles. The Morgan fingerprint density at radius 2 is 1.70 bits per heavy atom. The Balaban J connectivity index is 2.78. The summed E-state index contributed by atoms with van der Waals surface area (Å²) < 4.78 is 24.2. The van der Waals surface area contributed by atoms with Gasteiger partial charge < -0.3 is 0 Å². The maximum Gasteiger partial charge on any atom is 0.235 e. The molecular formula is C15H19NO3S. The normalized spacial score (nSPS) is 17.8. The molecule has 4 nitrogen and oxygen atoms in total. The van der Waals surface area contributed by atoms with Crippen LogP contribution in [0.2, 0.25) is 0 Å². The fourth-order valence-corrected chi connectivity index (χ4v) is 3.99. The molecule has 0 unspecified atom stereocenters. The first-order valence-corrected chi connectivity index (χ1v) is 8.60. The lowest BCUT2D eigenvalue weighted by Gasteiger charge is -2.26. The van der Waals surface area contributed by atoms with Crippen molar-refractivity contribution in [2.24, 2.45) is 4.99 Å². The van der Waals surface area contributed by atoms with Crippen molar-refractivity contribution >= 4 is 15.9 Å². The van der Waals surface area contributed by atoms with E-state index >= 15 is 0 Å². The maximum atomic E-state index is 12.1. The number of carbonyl (C=O) groups excluding carboxylic acids is 1. The first kappa shape index (κ1) is 14.9. The van der Waals surface area contributed by atoms with E-state index in [9.17, 15) is 13.2 Å². The van der Waals surface area contributed by atoms with Gasteiger partial charge in [-0.1, -0.05) is 18.9 Å². The van der Waals surface area contributed by atoms with Crippen LogP contribution in [0.15, 0.2) is 22.0 Å². The van der Waals surface area contributed by atoms with E-state index in [1.165, 1.54) is 6.26 Å². The molecule has 20 heavy (non-hydrogen) atoms. The second-order valence-electron chi connectivity index (χ2n) is 5.65. The molecule has 1 aromatic carbocycles. The lowest BCUT2D eigenvalue weighted by Crippen LogP contribution is -2.23. The van der Waals surface area contributed by atoms with E-state index in [0.29, 0.717) is 23.3 Å². The SMILES string of the molecule is Cc1cc(C2(N=C=O)CCCC2)c(S(C)(=O)=O)cc1C. The van der Waals surface area contributed by atoms with Crippen molar-refractivity contribution in [1.82, 2.24) is 0 Å². The maximum absolute atomic E-state index is 12.1. The quantitative estimate of drug-likeness (QED) is 0.636. The fourth-order valence-electron chi connectivity index (χ4n) is 2.95. The van der Waals surface area contributed by atoms with Crippen LogP contribution in [0.4, 0.5) is 0 Å². The number of aryl methyl sites for hydroxylation is 2. The Hall–Kier alpha value is -1.45. The molecule has 0 radical (unpaired) electrons. The van der Waals surface area contributed by atoms with Crippen molar-refractivity contribution in [3.8, 4) is 0 Å². The average Bonchev–Trinajstić information content (AvgIpc) is 2.81. The number of rotatable bonds is 3. The summed E-state index contributed by atoms with van der Waals surface area (Å²) in [6.45, 7) is 3.83. The predicted octanol–water partition coefficient (Wildman–Crippen LogP) is 2.81. The highest BCUT2D eigenvalue weighted by Gasteiger charge is 2.39. The van der Waals surface area contributed by atoms with Crippen molar-refractivity contribution in [3.63, 3.8) is 0 Å². The summed E-state index contributed by atoms with van der Waals surface area (Å²) in [7, 11) is -3.36. The standard InChI is InChI=1S/C15H19NO3S/c1-11-8-13(14(9-12(11)2)20(3,18)19)15(16-10-17)6-4-5-7-15/h8-9H,4-7H2,1-3H3. The van der Waals surface area contributed by atoms with E-state index in [1.807, 2.05) is 19.9 Å². The molecule has 1 fully saturated rings. The van der Waals surface area contributed by atoms with Crippen molar-refractivity contribution in [1.29, 1.82) is 0 Å². The molecule has 0 atom stereocenters. The minimum atomic E-state index is -3.36. The molecule has 0 aliphatic heterocycles. The molecule has 0 bridgehead atoms. The van der Waals surface area contributed by atoms with Crippen LogP contribution < -0.4 is 0 Å². The van der Waals surface area contributed by atoms with Crippen molar-refractivity contribution in [2.45, 2.75) is 50.0 Å². The highest BCUT2D eigenvalue weighted by molar-refractivity contribution is 7.90. The van der Waals surface area contributed by atoms with E-state index in [-0.39, 0.29) is 0 Å². The third-order valence-corrected chi connectivity index (χ3v) is 5.32. The molecule has 1 aliphatic rings. The van der Waals surface area contributed by atoms with E-state index in [1.54, 1.807) is 12.1 Å². The summed E-state index contributed by atoms with van der Waals surface area (Å²) in [5.74, 6) is 0. The summed E-state index contributed by atoms with van der Waals surface area (Å²) in [5, 5.41) is 0. The van der Waals surface area contributed by atoms with Gasteiger partial charge in [0, 0.05) is 6.26 Å². The molecule has 0 spiro atoms. The molecule has 0 saturated heterocycles. The lowest BCUT2D eigenvalue weighted by molar-refractivity contribution is 0.446. The van der Waals surface area contributed by atoms with Gasteiger partial charge in [-0.05, 0) is 49.4 Å². The first-order chi connectivity index (χ1) is 9.30. The van der Waals surface area contributed by atoms with Gasteiger partial charge in [-0.3, -0.25) is 0 Å². The number of hydrogen-bond acceptors (Lipinski definition) is 4. The Morgan fingerprint density at radius 3 is 2.20 bits per heavy atom. The van der Waals surface area contributed by atoms with Crippen LogP contribution in [0.5, 0.6) is 0 Å². The molecule has 0 heterocycles. The summed E-state index contributed by atoms with van der Waals surface area (Å²) in [6, 6.07) is 3.57. The van der Waals surface area contributed by atoms with Gasteiger partial charge in [-0.2, -0.15) is 4.99 Å². The molecule has 0 N–H and O–H groups in total. The van der Waals surface area contributed by atoms with Gasteiger partial charge >= 0.3 is 0 Å². The number of sulfone groups is 1. The van der Waals surface area contributed by atoms with Gasteiger partial charge in [0.25, 0.3) is 0 Å². The van der Waals surface area contributed by atoms with Gasteiger partial charge in [-0.15, -0.1) is 0 Å². The number of isocyanates is 1. The summed E-state index contributed by atoms with van der Waals surface area (Å²) in [4.78, 5) is 15.1. The fraction of sp³-hybridized carbons (Fsp3) is 0.533. The van der Waals surface area contributed by atoms with E-state index in [2.05, 4.69) is 4.99 Å². The van der Waals surface area contributed by atoms with Gasteiger partial charge in [-0.25, -0.2) is 13.2 Å². The Bertz CT molecular complexity index is 679. The smallest absolute Gasteiger partial charge is 0.224 e. The zero-order valence-corrected chi connectivity index (χ0v) is 12.9. The van der Waals surface area contributed by atoms with Crippen LogP contribution in [0.1, 0.15) is 42.4 Å². The number of hydrogen-bond donors (Lipinski definition) is 0. The van der Waals surface area contributed by atoms with Crippen LogP contribution in [-0.2, 0) is 20.2 Å². The first-order valence-electron chi connectivity index (χ1n) is 6.71. The number of benzene rings is 1. The van der Waals surface area contributed by atoms with Gasteiger partial charge in [0.2, 0.25) is 6.08 Å². The Morgan fingerprint density at radius 1 is 1.15 bits per heavy atom. The second kappa shape index (κ2) is 5.15. The Kier molecular flexibility index (Phi) is 3.85. The molecule has 1 aromatic rings. The topological polar surface area (TPSA) is 63.6 Å². The minimum Gasteiger partial charge on any atom is -0.224 e. The summed E-state index contributed by atoms with van der Waals surface area (Å²) in [5.41, 5.74) is 1.89. The summed E-state index contributed by atoms with van der Waals surface area (Å²) >= 11 is 0. The van der Waals surface area contributed by atoms with Crippen LogP contribution in [0.3, 0.4) is 0 Å². The molecule has 0 aromatic heterocycles. The van der Waals surface area contributed by atoms with Crippen molar-refractivity contribution < 1.29 is 13.2 Å². The average molecular weight is 293 g/mol. The molecular weight excluding hydrogens is 274 g/mol. The minimum absolute atomic E-state index is 0.293. The molecule has 5 heteroatoms. The zero-order chi connectivity index (χ0) is 15.0. The number of nitrogens with zero attached hydrogens (tertiary/aromatic N) is 1. The predicted molar refractivity (Wildman–Crippen MR) is 77.3 cm³/mol. The third-order valence-electron chi connectivity index (χ3n) is 4.19. The Labute approximate surface area is 119 Å². The van der Waals surface area contributed by atoms with E-state index in [4.69, 9.17) is 0 Å². The van der Waals surface area contributed by atoms with Crippen LogP contribution in [-0.4, -0.2) is 20.8 Å². The van der Waals surface area contributed by atoms with Crippen LogP contribution in [0.25, 0.3) is 0 Å². The van der Waals surface area contributed by atoms with Crippen molar-refractivity contribution in [3.05, 3.63) is 28.8 Å². The van der Waals surface area contributed by atoms with Gasteiger partial charge in [0.05, 0.1) is 10.4 Å². The second-order valence-corrected chi connectivity index (χ2v) is 7.63. The number of aliphatic imine (C=N–C) groups is 1. The monoisotopic (exact) mass is 293 g/mol. The molecule has 2 rings (SSSR count). The summed E-state index contributed by atoms with van der Waals surface area (Å²) in [6.07, 6.45) is 6.14. The zero-order valence-electron chi connectivity index (χ0n) is 12.1. The van der Waals surface area contributed by atoms with E-state index in [0.717, 1.165) is 24.0 Å². The highest BCUT2D eigenvalue weighted by atomic mass is 32.2. The lowest BCUT2D eigenvalue weighted by atomic mass is 9.87. The van der Waals surface area contributed by atoms with Gasteiger partial charge in [0.15, 0.2) is 9.84 Å². The highest BCUT2D eigenvalue weighted by Crippen LogP contribution is 2.45. The van der Waals surface area contributed by atoms with E-state index < -0.39 is 15.4 Å². The van der Waals surface area contributed by atoms with Crippen molar-refractivity contribution in [2.75, 3.05) is 6.26 Å². The van der Waals surface area contributed by atoms with Crippen LogP contribution in [0, 0.1) is 13.8 Å². The largest absolute Gasteiger partial charge is 0.235 e. The molecule has 1 aliphatic carbocycles. The molecule has 0 amide bonds. The third kappa shape index (κ3) is 2.56. The molecule has 108 valence electrons.